The van der Waals surface area contributed by atoms with Crippen LogP contribution in [-0.2, 0) is 17.1 Å². The average Bonchev–Trinajstić information content (AvgIpc) is 2.84. The number of hydrogen-bond donors (Lipinski definition) is 2. The molecule has 0 aliphatic rings. The molecule has 114 valence electrons. The highest BCUT2D eigenvalue weighted by atomic mass is 32.2. The zero-order valence-corrected chi connectivity index (χ0v) is 13.1. The predicted octanol–water partition coefficient (Wildman–Crippen LogP) is 1.29. The number of hydrogen-bond acceptors (Lipinski definition) is 5. The summed E-state index contributed by atoms with van der Waals surface area (Å²) in [5.41, 5.74) is 0.915. The molecule has 1 unspecified atom stereocenters. The minimum Gasteiger partial charge on any atom is -0.310 e. The fraction of sp³-hybridized carbons (Fsp3) is 0.385. The third-order valence-corrected chi connectivity index (χ3v) is 4.44. The molecule has 2 aromatic rings. The van der Waals surface area contributed by atoms with E-state index in [0.717, 1.165) is 12.1 Å². The number of rotatable bonds is 6. The molecule has 0 fully saturated rings. The van der Waals surface area contributed by atoms with Crippen LogP contribution in [0.15, 0.2) is 35.5 Å². The number of sulfonamides is 1. The van der Waals surface area contributed by atoms with Crippen molar-refractivity contribution in [1.82, 2.24) is 20.1 Å². The Kier molecular flexibility index (Phi) is 4.59. The van der Waals surface area contributed by atoms with Crippen molar-refractivity contribution in [2.45, 2.75) is 24.8 Å². The van der Waals surface area contributed by atoms with Crippen molar-refractivity contribution in [2.24, 2.45) is 7.05 Å². The van der Waals surface area contributed by atoms with Gasteiger partial charge in [-0.1, -0.05) is 19.1 Å². The smallest absolute Gasteiger partial charge is 0.264 e. The number of nitrogens with zero attached hydrogens (tertiary/aromatic N) is 3. The number of aromatic nitrogens is 3. The van der Waals surface area contributed by atoms with E-state index in [9.17, 15) is 8.42 Å². The van der Waals surface area contributed by atoms with E-state index in [1.165, 1.54) is 11.0 Å². The third-order valence-electron chi connectivity index (χ3n) is 3.12. The lowest BCUT2D eigenvalue weighted by Crippen LogP contribution is -2.19. The fourth-order valence-corrected chi connectivity index (χ4v) is 3.03. The first-order valence-electron chi connectivity index (χ1n) is 6.64. The number of anilines is 1. The van der Waals surface area contributed by atoms with Crippen molar-refractivity contribution in [2.75, 3.05) is 11.3 Å². The van der Waals surface area contributed by atoms with Crippen molar-refractivity contribution in [1.29, 1.82) is 0 Å². The third kappa shape index (κ3) is 3.59. The summed E-state index contributed by atoms with van der Waals surface area (Å²) in [5.74, 6) is 0.181. The van der Waals surface area contributed by atoms with E-state index in [1.807, 2.05) is 19.9 Å². The van der Waals surface area contributed by atoms with Crippen LogP contribution < -0.4 is 10.0 Å². The molecule has 0 bridgehead atoms. The van der Waals surface area contributed by atoms with E-state index in [2.05, 4.69) is 20.1 Å². The lowest BCUT2D eigenvalue weighted by molar-refractivity contribution is 0.591. The van der Waals surface area contributed by atoms with Gasteiger partial charge in [-0.3, -0.25) is 0 Å². The summed E-state index contributed by atoms with van der Waals surface area (Å²) in [6.45, 7) is 4.81. The average molecular weight is 309 g/mol. The van der Waals surface area contributed by atoms with E-state index in [1.54, 1.807) is 25.2 Å². The summed E-state index contributed by atoms with van der Waals surface area (Å²) >= 11 is 0. The number of nitrogens with one attached hydrogen (secondary N) is 2. The second-order valence-corrected chi connectivity index (χ2v) is 6.35. The minimum atomic E-state index is -3.68. The Balaban J connectivity index is 2.28. The highest BCUT2D eigenvalue weighted by molar-refractivity contribution is 7.92. The summed E-state index contributed by atoms with van der Waals surface area (Å²) in [6.07, 6.45) is 1.29. The molecule has 0 amide bonds. The van der Waals surface area contributed by atoms with Gasteiger partial charge in [0.25, 0.3) is 10.0 Å². The summed E-state index contributed by atoms with van der Waals surface area (Å²) < 4.78 is 28.5. The fourth-order valence-electron chi connectivity index (χ4n) is 1.94. The van der Waals surface area contributed by atoms with Crippen LogP contribution in [-0.4, -0.2) is 29.7 Å². The van der Waals surface area contributed by atoms with E-state index in [4.69, 9.17) is 0 Å². The van der Waals surface area contributed by atoms with Gasteiger partial charge in [-0.15, -0.1) is 0 Å². The zero-order valence-electron chi connectivity index (χ0n) is 12.2. The maximum Gasteiger partial charge on any atom is 0.264 e. The van der Waals surface area contributed by atoms with Crippen LogP contribution in [0, 0.1) is 0 Å². The van der Waals surface area contributed by atoms with Gasteiger partial charge in [-0.25, -0.2) is 17.8 Å². The van der Waals surface area contributed by atoms with Crippen molar-refractivity contribution in [3.8, 4) is 0 Å². The quantitative estimate of drug-likeness (QED) is 0.839. The van der Waals surface area contributed by atoms with E-state index < -0.39 is 10.0 Å². The van der Waals surface area contributed by atoms with Crippen LogP contribution in [0.3, 0.4) is 0 Å². The van der Waals surface area contributed by atoms with Crippen LogP contribution in [0.1, 0.15) is 25.5 Å². The SMILES string of the molecule is CCNC(C)c1cccc(S(=O)(=O)Nc2ncnn2C)c1. The molecule has 2 rings (SSSR count). The van der Waals surface area contributed by atoms with Gasteiger partial charge in [0.15, 0.2) is 0 Å². The van der Waals surface area contributed by atoms with Crippen LogP contribution in [0.2, 0.25) is 0 Å². The second-order valence-electron chi connectivity index (χ2n) is 4.66. The molecule has 0 aliphatic heterocycles. The second kappa shape index (κ2) is 6.23. The molecular weight excluding hydrogens is 290 g/mol. The monoisotopic (exact) mass is 309 g/mol. The van der Waals surface area contributed by atoms with Gasteiger partial charge >= 0.3 is 0 Å². The maximum atomic E-state index is 12.4. The Morgan fingerprint density at radius 1 is 1.38 bits per heavy atom. The Morgan fingerprint density at radius 2 is 2.14 bits per heavy atom. The largest absolute Gasteiger partial charge is 0.310 e. The van der Waals surface area contributed by atoms with Crippen molar-refractivity contribution < 1.29 is 8.42 Å². The normalized spacial score (nSPS) is 13.1. The molecule has 8 heteroatoms. The first-order valence-corrected chi connectivity index (χ1v) is 8.12. The van der Waals surface area contributed by atoms with Gasteiger partial charge < -0.3 is 5.32 Å². The molecule has 0 radical (unpaired) electrons. The molecule has 0 spiro atoms. The van der Waals surface area contributed by atoms with E-state index in [-0.39, 0.29) is 16.9 Å². The van der Waals surface area contributed by atoms with Crippen molar-refractivity contribution in [3.05, 3.63) is 36.2 Å². The Hall–Kier alpha value is -1.93. The Labute approximate surface area is 124 Å². The highest BCUT2D eigenvalue weighted by Crippen LogP contribution is 2.19. The van der Waals surface area contributed by atoms with Gasteiger partial charge in [0, 0.05) is 13.1 Å². The Bertz CT molecular complexity index is 711. The molecule has 1 atom stereocenters. The zero-order chi connectivity index (χ0) is 15.5. The topological polar surface area (TPSA) is 88.9 Å². The van der Waals surface area contributed by atoms with E-state index in [0.29, 0.717) is 0 Å². The first kappa shape index (κ1) is 15.5. The lowest BCUT2D eigenvalue weighted by Gasteiger charge is -2.14. The summed E-state index contributed by atoms with van der Waals surface area (Å²) in [7, 11) is -2.06. The van der Waals surface area contributed by atoms with Crippen LogP contribution in [0.5, 0.6) is 0 Å². The molecule has 21 heavy (non-hydrogen) atoms. The molecule has 0 aliphatic carbocycles. The molecule has 1 heterocycles. The van der Waals surface area contributed by atoms with Gasteiger partial charge in [-0.05, 0) is 31.2 Å². The summed E-state index contributed by atoms with van der Waals surface area (Å²) in [6, 6.07) is 6.93. The van der Waals surface area contributed by atoms with Crippen LogP contribution in [0.25, 0.3) is 0 Å². The molecule has 1 aromatic carbocycles. The Morgan fingerprint density at radius 3 is 2.76 bits per heavy atom. The number of benzene rings is 1. The first-order chi connectivity index (χ1) is 9.94. The van der Waals surface area contributed by atoms with Crippen LogP contribution in [0.4, 0.5) is 5.95 Å². The van der Waals surface area contributed by atoms with Gasteiger partial charge in [0.1, 0.15) is 6.33 Å². The van der Waals surface area contributed by atoms with Gasteiger partial charge in [0.05, 0.1) is 4.90 Å². The molecule has 0 saturated carbocycles. The maximum absolute atomic E-state index is 12.4. The predicted molar refractivity (Wildman–Crippen MR) is 80.3 cm³/mol. The molecule has 2 N–H and O–H groups in total. The summed E-state index contributed by atoms with van der Waals surface area (Å²) in [4.78, 5) is 4.06. The van der Waals surface area contributed by atoms with E-state index >= 15 is 0 Å². The molecule has 0 saturated heterocycles. The molecular formula is C13H19N5O2S. The van der Waals surface area contributed by atoms with Crippen molar-refractivity contribution >= 4 is 16.0 Å². The van der Waals surface area contributed by atoms with Gasteiger partial charge in [-0.2, -0.15) is 10.1 Å². The van der Waals surface area contributed by atoms with Gasteiger partial charge in [0.2, 0.25) is 5.95 Å². The van der Waals surface area contributed by atoms with Crippen molar-refractivity contribution in [3.63, 3.8) is 0 Å². The van der Waals surface area contributed by atoms with Crippen LogP contribution >= 0.6 is 0 Å². The minimum absolute atomic E-state index is 0.0833. The standard InChI is InChI=1S/C13H19N5O2S/c1-4-14-10(2)11-6-5-7-12(8-11)21(19,20)17-13-15-9-16-18(13)3/h5-10,14H,4H2,1-3H3,(H,15,16,17). The molecule has 1 aromatic heterocycles. The number of aryl methyl sites for hydroxylation is 1. The highest BCUT2D eigenvalue weighted by Gasteiger charge is 2.18. The molecule has 7 nitrogen and oxygen atoms in total. The summed E-state index contributed by atoms with van der Waals surface area (Å²) in [5, 5.41) is 7.09. The lowest BCUT2D eigenvalue weighted by atomic mass is 10.1.